The molecule has 38 heavy (non-hydrogen) atoms. The number of para-hydroxylation sites is 5. The molecule has 0 saturated heterocycles. The zero-order valence-electron chi connectivity index (χ0n) is 21.4. The molecule has 0 amide bonds. The average Bonchev–Trinajstić information content (AvgIpc) is 3.50. The summed E-state index contributed by atoms with van der Waals surface area (Å²) in [6.45, 7) is 0. The molecule has 2 unspecified atom stereocenters. The highest BCUT2D eigenvalue weighted by atomic mass is 15.0. The van der Waals surface area contributed by atoms with Crippen molar-refractivity contribution in [3.05, 3.63) is 127 Å². The molecule has 7 aromatic rings. The highest BCUT2D eigenvalue weighted by Gasteiger charge is 2.32. The van der Waals surface area contributed by atoms with Crippen LogP contribution in [0.15, 0.2) is 121 Å². The number of hydrogen-bond acceptors (Lipinski definition) is 0. The van der Waals surface area contributed by atoms with Crippen LogP contribution in [0, 0.1) is 0 Å². The minimum Gasteiger partial charge on any atom is -0.337 e. The van der Waals surface area contributed by atoms with Gasteiger partial charge in [-0.05, 0) is 48.7 Å². The first-order valence-electron chi connectivity index (χ1n) is 14.0. The van der Waals surface area contributed by atoms with Crippen LogP contribution in [0.1, 0.15) is 43.2 Å². The summed E-state index contributed by atoms with van der Waals surface area (Å²) in [4.78, 5) is 0. The summed E-state index contributed by atoms with van der Waals surface area (Å²) in [5.74, 6) is 0.444. The number of benzene rings is 5. The Morgan fingerprint density at radius 3 is 1.50 bits per heavy atom. The van der Waals surface area contributed by atoms with Gasteiger partial charge in [0.25, 0.3) is 0 Å². The second-order valence-electron chi connectivity index (χ2n) is 10.8. The third kappa shape index (κ3) is 3.13. The molecule has 5 aromatic carbocycles. The summed E-state index contributed by atoms with van der Waals surface area (Å²) in [7, 11) is 0. The molecule has 8 rings (SSSR count). The summed E-state index contributed by atoms with van der Waals surface area (Å²) in [5, 5.41) is 5.37. The Labute approximate surface area is 222 Å². The zero-order chi connectivity index (χ0) is 25.1. The molecule has 2 heterocycles. The molecule has 0 spiro atoms. The van der Waals surface area contributed by atoms with Gasteiger partial charge in [-0.3, -0.25) is 0 Å². The van der Waals surface area contributed by atoms with Crippen LogP contribution in [0.5, 0.6) is 0 Å². The smallest absolute Gasteiger partial charge is 0.0541 e. The molecular formula is C36H30N2. The van der Waals surface area contributed by atoms with Crippen molar-refractivity contribution in [1.82, 2.24) is 9.13 Å². The van der Waals surface area contributed by atoms with Crippen molar-refractivity contribution in [2.45, 2.75) is 37.6 Å². The zero-order valence-corrected chi connectivity index (χ0v) is 21.4. The highest BCUT2D eigenvalue weighted by molar-refractivity contribution is 6.09. The first-order valence-corrected chi connectivity index (χ1v) is 14.0. The van der Waals surface area contributed by atoms with Crippen molar-refractivity contribution < 1.29 is 0 Å². The van der Waals surface area contributed by atoms with Crippen LogP contribution in [-0.4, -0.2) is 9.13 Å². The van der Waals surface area contributed by atoms with E-state index in [9.17, 15) is 0 Å². The third-order valence-electron chi connectivity index (χ3n) is 8.84. The molecule has 2 atom stereocenters. The molecule has 1 aliphatic carbocycles. The van der Waals surface area contributed by atoms with Crippen LogP contribution in [0.25, 0.3) is 49.3 Å². The summed E-state index contributed by atoms with van der Waals surface area (Å²) >= 11 is 0. The van der Waals surface area contributed by atoms with Crippen molar-refractivity contribution in [3.63, 3.8) is 0 Å². The molecule has 184 valence electrons. The van der Waals surface area contributed by atoms with Gasteiger partial charge >= 0.3 is 0 Å². The Hall–Kier alpha value is -4.30. The average molecular weight is 491 g/mol. The van der Waals surface area contributed by atoms with E-state index in [0.717, 1.165) is 0 Å². The fraction of sp³-hybridized carbons (Fsp3) is 0.167. The van der Waals surface area contributed by atoms with E-state index in [-0.39, 0.29) is 0 Å². The van der Waals surface area contributed by atoms with E-state index < -0.39 is 0 Å². The Morgan fingerprint density at radius 1 is 0.447 bits per heavy atom. The van der Waals surface area contributed by atoms with Crippen LogP contribution in [0.3, 0.4) is 0 Å². The molecule has 2 aromatic heterocycles. The lowest BCUT2D eigenvalue weighted by molar-refractivity contribution is 0.317. The summed E-state index contributed by atoms with van der Waals surface area (Å²) in [6.07, 6.45) is 4.97. The van der Waals surface area contributed by atoms with Gasteiger partial charge < -0.3 is 9.13 Å². The lowest BCUT2D eigenvalue weighted by Gasteiger charge is -2.35. The van der Waals surface area contributed by atoms with Gasteiger partial charge in [0.1, 0.15) is 0 Å². The van der Waals surface area contributed by atoms with E-state index in [4.69, 9.17) is 0 Å². The number of rotatable bonds is 3. The van der Waals surface area contributed by atoms with Gasteiger partial charge in [0, 0.05) is 50.2 Å². The predicted molar refractivity (Wildman–Crippen MR) is 160 cm³/mol. The SMILES string of the molecule is c1ccc(-n2c3ccccc3c3ccccc32)c(C2CCCCC2n2c3ccccc3c3ccccc32)c1. The second kappa shape index (κ2) is 8.63. The van der Waals surface area contributed by atoms with Gasteiger partial charge in [0.05, 0.1) is 11.0 Å². The molecular weight excluding hydrogens is 460 g/mol. The molecule has 0 radical (unpaired) electrons. The Morgan fingerprint density at radius 2 is 0.895 bits per heavy atom. The lowest BCUT2D eigenvalue weighted by atomic mass is 9.79. The van der Waals surface area contributed by atoms with Gasteiger partial charge in [0.2, 0.25) is 0 Å². The minimum atomic E-state index is 0.419. The molecule has 0 N–H and O–H groups in total. The maximum Gasteiger partial charge on any atom is 0.0541 e. The Balaban J connectivity index is 1.38. The van der Waals surface area contributed by atoms with E-state index in [1.165, 1.54) is 80.5 Å². The third-order valence-corrected chi connectivity index (χ3v) is 8.84. The minimum absolute atomic E-state index is 0.419. The van der Waals surface area contributed by atoms with E-state index in [1.807, 2.05) is 0 Å². The normalized spacial score (nSPS) is 18.1. The molecule has 2 nitrogen and oxygen atoms in total. The predicted octanol–water partition coefficient (Wildman–Crippen LogP) is 9.79. The monoisotopic (exact) mass is 490 g/mol. The van der Waals surface area contributed by atoms with Crippen LogP contribution >= 0.6 is 0 Å². The van der Waals surface area contributed by atoms with Crippen LogP contribution in [-0.2, 0) is 0 Å². The van der Waals surface area contributed by atoms with Gasteiger partial charge in [-0.1, -0.05) is 104 Å². The number of fused-ring (bicyclic) bond motifs is 6. The topological polar surface area (TPSA) is 9.86 Å². The lowest BCUT2D eigenvalue weighted by Crippen LogP contribution is -2.23. The van der Waals surface area contributed by atoms with Gasteiger partial charge in [0.15, 0.2) is 0 Å². The summed E-state index contributed by atoms with van der Waals surface area (Å²) in [5.41, 5.74) is 8.07. The first kappa shape index (κ1) is 21.8. The van der Waals surface area contributed by atoms with Crippen molar-refractivity contribution >= 4 is 43.6 Å². The quantitative estimate of drug-likeness (QED) is 0.233. The molecule has 1 saturated carbocycles. The summed E-state index contributed by atoms with van der Waals surface area (Å²) < 4.78 is 5.19. The Kier molecular flexibility index (Phi) is 4.94. The van der Waals surface area contributed by atoms with Crippen molar-refractivity contribution in [1.29, 1.82) is 0 Å². The van der Waals surface area contributed by atoms with Crippen molar-refractivity contribution in [3.8, 4) is 5.69 Å². The first-order chi connectivity index (χ1) is 18.9. The van der Waals surface area contributed by atoms with E-state index in [2.05, 4.69) is 130 Å². The fourth-order valence-corrected chi connectivity index (χ4v) is 7.28. The summed E-state index contributed by atoms with van der Waals surface area (Å²) in [6, 6.07) is 45.3. The van der Waals surface area contributed by atoms with E-state index in [1.54, 1.807) is 0 Å². The van der Waals surface area contributed by atoms with Gasteiger partial charge in [-0.15, -0.1) is 0 Å². The van der Waals surface area contributed by atoms with E-state index in [0.29, 0.717) is 12.0 Å². The number of aromatic nitrogens is 2. The van der Waals surface area contributed by atoms with Crippen LogP contribution < -0.4 is 0 Å². The molecule has 2 heteroatoms. The van der Waals surface area contributed by atoms with Gasteiger partial charge in [-0.2, -0.15) is 0 Å². The Bertz CT molecular complexity index is 1850. The second-order valence-corrected chi connectivity index (χ2v) is 10.8. The molecule has 0 aliphatic heterocycles. The molecule has 0 bridgehead atoms. The standard InChI is InChI=1S/C36H30N2/c1-7-19-31-25(13-1)26-14-2-8-20-32(26)37(31)35-23-11-5-17-29(35)30-18-6-12-24-36(30)38-33-21-9-3-15-27(33)28-16-4-10-22-34(28)38/h1-5,7-11,13-17,19-23,30,36H,6,12,18,24H2. The number of hydrogen-bond donors (Lipinski definition) is 0. The molecule has 1 aliphatic rings. The number of nitrogens with zero attached hydrogens (tertiary/aromatic N) is 2. The largest absolute Gasteiger partial charge is 0.337 e. The van der Waals surface area contributed by atoms with Crippen LogP contribution in [0.4, 0.5) is 0 Å². The van der Waals surface area contributed by atoms with E-state index >= 15 is 0 Å². The molecule has 1 fully saturated rings. The van der Waals surface area contributed by atoms with Gasteiger partial charge in [-0.25, -0.2) is 0 Å². The van der Waals surface area contributed by atoms with Crippen LogP contribution in [0.2, 0.25) is 0 Å². The highest BCUT2D eigenvalue weighted by Crippen LogP contribution is 2.47. The van der Waals surface area contributed by atoms with Crippen molar-refractivity contribution in [2.24, 2.45) is 0 Å². The maximum absolute atomic E-state index is 2.68. The fourth-order valence-electron chi connectivity index (χ4n) is 7.28. The van der Waals surface area contributed by atoms with Crippen molar-refractivity contribution in [2.75, 3.05) is 0 Å². The maximum atomic E-state index is 2.68.